The molecule has 3 N–H and O–H groups in total. The third kappa shape index (κ3) is 4.59. The average molecular weight is 293 g/mol. The van der Waals surface area contributed by atoms with E-state index < -0.39 is 0 Å². The molecule has 0 aromatic heterocycles. The molecule has 0 saturated heterocycles. The fourth-order valence-electron chi connectivity index (χ4n) is 2.36. The molecular weight excluding hydrogens is 266 g/mol. The lowest BCUT2D eigenvalue weighted by atomic mass is 9.93. The summed E-state index contributed by atoms with van der Waals surface area (Å²) in [5.74, 6) is 1.69. The van der Waals surface area contributed by atoms with Crippen molar-refractivity contribution in [1.29, 1.82) is 0 Å². The number of fused-ring (bicyclic) bond motifs is 1. The van der Waals surface area contributed by atoms with Gasteiger partial charge in [-0.05, 0) is 51.6 Å². The van der Waals surface area contributed by atoms with Crippen LogP contribution in [0.1, 0.15) is 18.9 Å². The standard InChI is InChI=1S/C16H27N3O2/c1-16(11-17,18-8-9-19(2)3)7-6-13-4-5-14-15(10-13)21-12-20-14/h4-5,10,18H,6-9,11-12,17H2,1-3H3. The van der Waals surface area contributed by atoms with Gasteiger partial charge in [0, 0.05) is 25.2 Å². The van der Waals surface area contributed by atoms with Gasteiger partial charge in [-0.2, -0.15) is 0 Å². The van der Waals surface area contributed by atoms with Crippen LogP contribution in [0.2, 0.25) is 0 Å². The molecule has 0 saturated carbocycles. The molecule has 5 heteroatoms. The minimum atomic E-state index is -0.0353. The Morgan fingerprint density at radius 2 is 2.05 bits per heavy atom. The summed E-state index contributed by atoms with van der Waals surface area (Å²) < 4.78 is 10.8. The van der Waals surface area contributed by atoms with Crippen LogP contribution in [0.15, 0.2) is 18.2 Å². The Morgan fingerprint density at radius 3 is 2.76 bits per heavy atom. The van der Waals surface area contributed by atoms with Gasteiger partial charge in [-0.1, -0.05) is 6.07 Å². The van der Waals surface area contributed by atoms with Crippen LogP contribution in [0.25, 0.3) is 0 Å². The Balaban J connectivity index is 1.87. The van der Waals surface area contributed by atoms with Gasteiger partial charge in [0.25, 0.3) is 0 Å². The molecule has 1 aromatic carbocycles. The summed E-state index contributed by atoms with van der Waals surface area (Å²) in [6.45, 7) is 5.10. The largest absolute Gasteiger partial charge is 0.454 e. The minimum absolute atomic E-state index is 0.0353. The summed E-state index contributed by atoms with van der Waals surface area (Å²) in [4.78, 5) is 2.17. The number of benzene rings is 1. The summed E-state index contributed by atoms with van der Waals surface area (Å²) in [5, 5.41) is 3.58. The van der Waals surface area contributed by atoms with Crippen molar-refractivity contribution >= 4 is 0 Å². The first-order chi connectivity index (χ1) is 10.0. The quantitative estimate of drug-likeness (QED) is 0.754. The number of nitrogens with one attached hydrogen (secondary N) is 1. The first-order valence-electron chi connectivity index (χ1n) is 7.51. The molecule has 1 atom stereocenters. The summed E-state index contributed by atoms with van der Waals surface area (Å²) in [6.07, 6.45) is 1.97. The van der Waals surface area contributed by atoms with Gasteiger partial charge in [0.15, 0.2) is 11.5 Å². The first-order valence-corrected chi connectivity index (χ1v) is 7.51. The summed E-state index contributed by atoms with van der Waals surface area (Å²) in [5.41, 5.74) is 7.18. The van der Waals surface area contributed by atoms with Gasteiger partial charge in [-0.15, -0.1) is 0 Å². The van der Waals surface area contributed by atoms with E-state index in [1.807, 2.05) is 6.07 Å². The van der Waals surface area contributed by atoms with Crippen LogP contribution in [-0.2, 0) is 6.42 Å². The zero-order valence-corrected chi connectivity index (χ0v) is 13.3. The number of aryl methyl sites for hydroxylation is 1. The van der Waals surface area contributed by atoms with E-state index in [2.05, 4.69) is 43.4 Å². The van der Waals surface area contributed by atoms with Crippen LogP contribution in [0, 0.1) is 0 Å². The number of rotatable bonds is 8. The van der Waals surface area contributed by atoms with E-state index >= 15 is 0 Å². The maximum absolute atomic E-state index is 5.96. The molecule has 2 rings (SSSR count). The molecule has 21 heavy (non-hydrogen) atoms. The molecule has 0 amide bonds. The average Bonchev–Trinajstić information content (AvgIpc) is 2.92. The topological polar surface area (TPSA) is 59.8 Å². The monoisotopic (exact) mass is 293 g/mol. The second-order valence-electron chi connectivity index (χ2n) is 6.18. The van der Waals surface area contributed by atoms with Crippen molar-refractivity contribution in [3.8, 4) is 11.5 Å². The molecule has 0 bridgehead atoms. The van der Waals surface area contributed by atoms with Crippen molar-refractivity contribution in [3.05, 3.63) is 23.8 Å². The van der Waals surface area contributed by atoms with Gasteiger partial charge < -0.3 is 25.4 Å². The third-order valence-electron chi connectivity index (χ3n) is 3.96. The zero-order valence-electron chi connectivity index (χ0n) is 13.3. The number of hydrogen-bond donors (Lipinski definition) is 2. The van der Waals surface area contributed by atoms with E-state index in [0.717, 1.165) is 37.4 Å². The number of nitrogens with two attached hydrogens (primary N) is 1. The van der Waals surface area contributed by atoms with Gasteiger partial charge in [-0.25, -0.2) is 0 Å². The van der Waals surface area contributed by atoms with Crippen molar-refractivity contribution in [1.82, 2.24) is 10.2 Å². The molecule has 1 unspecified atom stereocenters. The van der Waals surface area contributed by atoms with E-state index in [1.54, 1.807) is 0 Å². The van der Waals surface area contributed by atoms with Gasteiger partial charge in [0.05, 0.1) is 0 Å². The lowest BCUT2D eigenvalue weighted by Crippen LogP contribution is -2.50. The molecule has 1 heterocycles. The Bertz CT molecular complexity index is 465. The van der Waals surface area contributed by atoms with Gasteiger partial charge >= 0.3 is 0 Å². The predicted octanol–water partition coefficient (Wildman–Crippen LogP) is 1.22. The van der Waals surface area contributed by atoms with Gasteiger partial charge in [0.2, 0.25) is 6.79 Å². The van der Waals surface area contributed by atoms with Crippen molar-refractivity contribution < 1.29 is 9.47 Å². The second-order valence-corrected chi connectivity index (χ2v) is 6.18. The van der Waals surface area contributed by atoms with E-state index in [4.69, 9.17) is 15.2 Å². The normalized spacial score (nSPS) is 16.2. The maximum atomic E-state index is 5.96. The number of hydrogen-bond acceptors (Lipinski definition) is 5. The van der Waals surface area contributed by atoms with Crippen LogP contribution in [0.4, 0.5) is 0 Å². The van der Waals surface area contributed by atoms with Crippen LogP contribution in [0.3, 0.4) is 0 Å². The van der Waals surface area contributed by atoms with Gasteiger partial charge in [-0.3, -0.25) is 0 Å². The molecule has 0 aliphatic carbocycles. The molecule has 0 spiro atoms. The SMILES string of the molecule is CN(C)CCNC(C)(CN)CCc1ccc2c(c1)OCO2. The van der Waals surface area contributed by atoms with E-state index in [1.165, 1.54) is 5.56 Å². The van der Waals surface area contributed by atoms with Crippen LogP contribution in [0.5, 0.6) is 11.5 Å². The molecule has 0 radical (unpaired) electrons. The van der Waals surface area contributed by atoms with E-state index in [9.17, 15) is 0 Å². The van der Waals surface area contributed by atoms with Gasteiger partial charge in [0.1, 0.15) is 0 Å². The zero-order chi connectivity index (χ0) is 15.3. The van der Waals surface area contributed by atoms with E-state index in [0.29, 0.717) is 13.3 Å². The highest BCUT2D eigenvalue weighted by atomic mass is 16.7. The van der Waals surface area contributed by atoms with Crippen LogP contribution < -0.4 is 20.5 Å². The molecule has 1 aliphatic heterocycles. The van der Waals surface area contributed by atoms with Crippen LogP contribution in [-0.4, -0.2) is 51.0 Å². The summed E-state index contributed by atoms with van der Waals surface area (Å²) in [7, 11) is 4.15. The second kappa shape index (κ2) is 7.11. The molecule has 0 fully saturated rings. The highest BCUT2D eigenvalue weighted by Gasteiger charge is 2.22. The first kappa shape index (κ1) is 16.1. The van der Waals surface area contributed by atoms with Crippen molar-refractivity contribution in [2.75, 3.05) is 40.5 Å². The minimum Gasteiger partial charge on any atom is -0.454 e. The van der Waals surface area contributed by atoms with E-state index in [-0.39, 0.29) is 5.54 Å². The molecule has 118 valence electrons. The molecule has 5 nitrogen and oxygen atoms in total. The number of ether oxygens (including phenoxy) is 2. The summed E-state index contributed by atoms with van der Waals surface area (Å²) in [6, 6.07) is 6.15. The maximum Gasteiger partial charge on any atom is 0.231 e. The molecular formula is C16H27N3O2. The predicted molar refractivity (Wildman–Crippen MR) is 84.9 cm³/mol. The molecule has 1 aromatic rings. The fraction of sp³-hybridized carbons (Fsp3) is 0.625. The highest BCUT2D eigenvalue weighted by molar-refractivity contribution is 5.44. The highest BCUT2D eigenvalue weighted by Crippen LogP contribution is 2.33. The fourth-order valence-corrected chi connectivity index (χ4v) is 2.36. The number of likely N-dealkylation sites (N-methyl/N-ethyl adjacent to an activating group) is 1. The third-order valence-corrected chi connectivity index (χ3v) is 3.96. The van der Waals surface area contributed by atoms with Crippen molar-refractivity contribution in [2.45, 2.75) is 25.3 Å². The Labute approximate surface area is 127 Å². The Hall–Kier alpha value is -1.30. The number of nitrogens with zero attached hydrogens (tertiary/aromatic N) is 1. The van der Waals surface area contributed by atoms with Crippen molar-refractivity contribution in [3.63, 3.8) is 0 Å². The smallest absolute Gasteiger partial charge is 0.231 e. The van der Waals surface area contributed by atoms with Crippen LogP contribution >= 0.6 is 0 Å². The Morgan fingerprint density at radius 1 is 1.29 bits per heavy atom. The lowest BCUT2D eigenvalue weighted by Gasteiger charge is -2.30. The Kier molecular flexibility index (Phi) is 5.45. The summed E-state index contributed by atoms with van der Waals surface area (Å²) >= 11 is 0. The lowest BCUT2D eigenvalue weighted by molar-refractivity contribution is 0.174. The van der Waals surface area contributed by atoms with Crippen molar-refractivity contribution in [2.24, 2.45) is 5.73 Å². The molecule has 1 aliphatic rings.